The molecule has 0 amide bonds. The van der Waals surface area contributed by atoms with Crippen LogP contribution in [0.2, 0.25) is 0 Å². The first kappa shape index (κ1) is 12.4. The Morgan fingerprint density at radius 3 is 2.56 bits per heavy atom. The number of esters is 1. The lowest BCUT2D eigenvalue weighted by Crippen LogP contribution is -2.06. The van der Waals surface area contributed by atoms with Crippen LogP contribution >= 0.6 is 0 Å². The molecular formula is C14H15NO3. The molecule has 2 aromatic rings. The highest BCUT2D eigenvalue weighted by molar-refractivity contribution is 5.93. The van der Waals surface area contributed by atoms with Crippen molar-refractivity contribution in [2.24, 2.45) is 0 Å². The molecule has 4 heteroatoms. The van der Waals surface area contributed by atoms with Gasteiger partial charge >= 0.3 is 5.97 Å². The van der Waals surface area contributed by atoms with Gasteiger partial charge in [-0.3, -0.25) is 0 Å². The van der Waals surface area contributed by atoms with Gasteiger partial charge in [-0.2, -0.15) is 0 Å². The van der Waals surface area contributed by atoms with Crippen LogP contribution in [0.5, 0.6) is 0 Å². The van der Waals surface area contributed by atoms with E-state index in [-0.39, 0.29) is 5.69 Å². The van der Waals surface area contributed by atoms with Crippen molar-refractivity contribution in [1.82, 2.24) is 4.98 Å². The van der Waals surface area contributed by atoms with Crippen molar-refractivity contribution in [2.45, 2.75) is 20.8 Å². The van der Waals surface area contributed by atoms with Crippen molar-refractivity contribution in [1.29, 1.82) is 0 Å². The number of carbonyl (C=O) groups excluding carboxylic acids is 1. The molecule has 0 radical (unpaired) electrons. The summed E-state index contributed by atoms with van der Waals surface area (Å²) in [4.78, 5) is 15.7. The molecular weight excluding hydrogens is 230 g/mol. The van der Waals surface area contributed by atoms with Gasteiger partial charge in [-0.15, -0.1) is 0 Å². The van der Waals surface area contributed by atoms with E-state index in [0.717, 1.165) is 16.7 Å². The van der Waals surface area contributed by atoms with Crippen LogP contribution < -0.4 is 0 Å². The average molecular weight is 245 g/mol. The van der Waals surface area contributed by atoms with Crippen LogP contribution in [-0.4, -0.2) is 17.6 Å². The van der Waals surface area contributed by atoms with Crippen LogP contribution in [0.25, 0.3) is 11.3 Å². The van der Waals surface area contributed by atoms with E-state index in [1.165, 1.54) is 6.39 Å². The molecule has 0 spiro atoms. The largest absolute Gasteiger partial charge is 0.461 e. The normalized spacial score (nSPS) is 10.4. The topological polar surface area (TPSA) is 52.3 Å². The SMILES string of the molecule is CCOC(=O)c1ncoc1-c1cc(C)cc(C)c1. The molecule has 2 rings (SSSR count). The molecule has 0 N–H and O–H groups in total. The molecule has 0 aliphatic carbocycles. The second-order valence-corrected chi connectivity index (χ2v) is 4.13. The minimum absolute atomic E-state index is 0.224. The zero-order valence-electron chi connectivity index (χ0n) is 10.7. The number of nitrogens with zero attached hydrogens (tertiary/aromatic N) is 1. The van der Waals surface area contributed by atoms with Gasteiger partial charge in [0.1, 0.15) is 0 Å². The summed E-state index contributed by atoms with van der Waals surface area (Å²) in [6.07, 6.45) is 1.26. The van der Waals surface area contributed by atoms with Crippen LogP contribution in [-0.2, 0) is 4.74 Å². The van der Waals surface area contributed by atoms with E-state index in [1.807, 2.05) is 26.0 Å². The lowest BCUT2D eigenvalue weighted by atomic mass is 10.0. The van der Waals surface area contributed by atoms with E-state index in [0.29, 0.717) is 12.4 Å². The summed E-state index contributed by atoms with van der Waals surface area (Å²) >= 11 is 0. The fourth-order valence-corrected chi connectivity index (χ4v) is 1.90. The summed E-state index contributed by atoms with van der Waals surface area (Å²) in [5, 5.41) is 0. The fraction of sp³-hybridized carbons (Fsp3) is 0.286. The number of benzene rings is 1. The molecule has 0 aliphatic rings. The van der Waals surface area contributed by atoms with Crippen molar-refractivity contribution in [3.8, 4) is 11.3 Å². The first-order valence-electron chi connectivity index (χ1n) is 5.81. The Morgan fingerprint density at radius 2 is 1.94 bits per heavy atom. The van der Waals surface area contributed by atoms with Crippen molar-refractivity contribution in [3.05, 3.63) is 41.4 Å². The van der Waals surface area contributed by atoms with Gasteiger partial charge in [-0.05, 0) is 32.9 Å². The summed E-state index contributed by atoms with van der Waals surface area (Å²) in [5.74, 6) is 0.000610. The van der Waals surface area contributed by atoms with Gasteiger partial charge in [-0.25, -0.2) is 9.78 Å². The number of oxazole rings is 1. The van der Waals surface area contributed by atoms with Gasteiger partial charge in [0.2, 0.25) is 0 Å². The average Bonchev–Trinajstić information content (AvgIpc) is 2.76. The highest BCUT2D eigenvalue weighted by Gasteiger charge is 2.19. The second-order valence-electron chi connectivity index (χ2n) is 4.13. The predicted molar refractivity (Wildman–Crippen MR) is 67.4 cm³/mol. The predicted octanol–water partition coefficient (Wildman–Crippen LogP) is 3.14. The molecule has 94 valence electrons. The van der Waals surface area contributed by atoms with E-state index in [9.17, 15) is 4.79 Å². The maximum Gasteiger partial charge on any atom is 0.360 e. The minimum Gasteiger partial charge on any atom is -0.461 e. The number of carbonyl (C=O) groups is 1. The van der Waals surface area contributed by atoms with Gasteiger partial charge in [0, 0.05) is 5.56 Å². The zero-order valence-corrected chi connectivity index (χ0v) is 10.7. The molecule has 0 aliphatic heterocycles. The maximum absolute atomic E-state index is 11.7. The Labute approximate surface area is 106 Å². The van der Waals surface area contributed by atoms with Gasteiger partial charge in [0.15, 0.2) is 17.8 Å². The summed E-state index contributed by atoms with van der Waals surface area (Å²) in [6, 6.07) is 5.97. The van der Waals surface area contributed by atoms with Crippen LogP contribution in [0, 0.1) is 13.8 Å². The molecule has 0 unspecified atom stereocenters. The third kappa shape index (κ3) is 2.42. The Bertz CT molecular complexity index is 552. The molecule has 18 heavy (non-hydrogen) atoms. The number of hydrogen-bond donors (Lipinski definition) is 0. The number of ether oxygens (including phenoxy) is 1. The second kappa shape index (κ2) is 5.04. The van der Waals surface area contributed by atoms with Crippen LogP contribution in [0.15, 0.2) is 29.0 Å². The molecule has 0 fully saturated rings. The molecule has 1 heterocycles. The third-order valence-corrected chi connectivity index (χ3v) is 2.52. The number of rotatable bonds is 3. The first-order chi connectivity index (χ1) is 8.61. The van der Waals surface area contributed by atoms with E-state index in [2.05, 4.69) is 11.1 Å². The summed E-state index contributed by atoms with van der Waals surface area (Å²) in [7, 11) is 0. The quantitative estimate of drug-likeness (QED) is 0.779. The molecule has 0 bridgehead atoms. The molecule has 4 nitrogen and oxygen atoms in total. The van der Waals surface area contributed by atoms with E-state index >= 15 is 0 Å². The Balaban J connectivity index is 2.45. The Morgan fingerprint density at radius 1 is 1.28 bits per heavy atom. The van der Waals surface area contributed by atoms with Gasteiger partial charge in [0.05, 0.1) is 6.61 Å². The maximum atomic E-state index is 11.7. The van der Waals surface area contributed by atoms with Crippen LogP contribution in [0.1, 0.15) is 28.5 Å². The van der Waals surface area contributed by atoms with Gasteiger partial charge in [0.25, 0.3) is 0 Å². The van der Waals surface area contributed by atoms with Gasteiger partial charge in [-0.1, -0.05) is 17.2 Å². The molecule has 1 aromatic carbocycles. The first-order valence-corrected chi connectivity index (χ1v) is 5.81. The highest BCUT2D eigenvalue weighted by atomic mass is 16.5. The fourth-order valence-electron chi connectivity index (χ4n) is 1.90. The van der Waals surface area contributed by atoms with Crippen molar-refractivity contribution in [2.75, 3.05) is 6.61 Å². The minimum atomic E-state index is -0.458. The molecule has 0 atom stereocenters. The number of aryl methyl sites for hydroxylation is 2. The smallest absolute Gasteiger partial charge is 0.360 e. The Hall–Kier alpha value is -2.10. The lowest BCUT2D eigenvalue weighted by molar-refractivity contribution is 0.0520. The van der Waals surface area contributed by atoms with Crippen LogP contribution in [0.3, 0.4) is 0 Å². The summed E-state index contributed by atoms with van der Waals surface area (Å²) < 4.78 is 10.3. The zero-order chi connectivity index (χ0) is 13.1. The monoisotopic (exact) mass is 245 g/mol. The highest BCUT2D eigenvalue weighted by Crippen LogP contribution is 2.25. The van der Waals surface area contributed by atoms with E-state index in [4.69, 9.17) is 9.15 Å². The molecule has 0 saturated heterocycles. The number of hydrogen-bond acceptors (Lipinski definition) is 4. The van der Waals surface area contributed by atoms with Crippen LogP contribution in [0.4, 0.5) is 0 Å². The molecule has 0 saturated carbocycles. The Kier molecular flexibility index (Phi) is 3.46. The van der Waals surface area contributed by atoms with Crippen molar-refractivity contribution >= 4 is 5.97 Å². The summed E-state index contributed by atoms with van der Waals surface area (Å²) in [6.45, 7) is 6.07. The van der Waals surface area contributed by atoms with E-state index in [1.54, 1.807) is 6.92 Å². The lowest BCUT2D eigenvalue weighted by Gasteiger charge is -2.04. The van der Waals surface area contributed by atoms with Crippen molar-refractivity contribution < 1.29 is 13.9 Å². The summed E-state index contributed by atoms with van der Waals surface area (Å²) in [5.41, 5.74) is 3.28. The van der Waals surface area contributed by atoms with Crippen molar-refractivity contribution in [3.63, 3.8) is 0 Å². The standard InChI is InChI=1S/C14H15NO3/c1-4-17-14(16)12-13(18-8-15-12)11-6-9(2)5-10(3)7-11/h5-8H,4H2,1-3H3. The van der Waals surface area contributed by atoms with Gasteiger partial charge < -0.3 is 9.15 Å². The molecule has 1 aromatic heterocycles. The van der Waals surface area contributed by atoms with E-state index < -0.39 is 5.97 Å². The number of aromatic nitrogens is 1. The third-order valence-electron chi connectivity index (χ3n) is 2.52.